The molecule has 3 atom stereocenters. The molecular formula is C24H22F7N3O2. The van der Waals surface area contributed by atoms with E-state index in [1.807, 2.05) is 0 Å². The number of pyridine rings is 1. The monoisotopic (exact) mass is 517 g/mol. The number of nitrogens with one attached hydrogen (secondary N) is 1. The molecule has 1 aromatic carbocycles. The van der Waals surface area contributed by atoms with Crippen LogP contribution in [0.15, 0.2) is 36.5 Å². The minimum atomic E-state index is -4.73. The zero-order chi connectivity index (χ0) is 26.4. The highest BCUT2D eigenvalue weighted by molar-refractivity contribution is 5.96. The van der Waals surface area contributed by atoms with Gasteiger partial charge in [0, 0.05) is 18.3 Å². The van der Waals surface area contributed by atoms with Crippen LogP contribution in [0.1, 0.15) is 59.4 Å². The number of amides is 2. The lowest BCUT2D eigenvalue weighted by atomic mass is 9.98. The highest BCUT2D eigenvalue weighted by atomic mass is 19.4. The van der Waals surface area contributed by atoms with E-state index in [-0.39, 0.29) is 30.4 Å². The van der Waals surface area contributed by atoms with Gasteiger partial charge in [0.25, 0.3) is 5.91 Å². The summed E-state index contributed by atoms with van der Waals surface area (Å²) in [6.45, 7) is 1.86. The Hall–Kier alpha value is -3.18. The van der Waals surface area contributed by atoms with Crippen molar-refractivity contribution in [2.24, 2.45) is 11.8 Å². The van der Waals surface area contributed by atoms with Gasteiger partial charge in [0.05, 0.1) is 17.2 Å². The molecule has 1 aromatic heterocycles. The quantitative estimate of drug-likeness (QED) is 0.542. The number of likely N-dealkylation sites (tertiary alicyclic amines) is 1. The Bertz CT molecular complexity index is 1160. The zero-order valence-corrected chi connectivity index (χ0v) is 19.0. The van der Waals surface area contributed by atoms with Crippen LogP contribution in [0.5, 0.6) is 0 Å². The van der Waals surface area contributed by atoms with E-state index in [1.165, 1.54) is 0 Å². The maximum absolute atomic E-state index is 14.7. The van der Waals surface area contributed by atoms with Crippen molar-refractivity contribution in [1.29, 1.82) is 0 Å². The van der Waals surface area contributed by atoms with E-state index in [1.54, 1.807) is 6.92 Å². The molecule has 0 bridgehead atoms. The summed E-state index contributed by atoms with van der Waals surface area (Å²) in [7, 11) is 0. The Kier molecular flexibility index (Phi) is 6.74. The normalized spacial score (nSPS) is 21.4. The summed E-state index contributed by atoms with van der Waals surface area (Å²) in [6, 6.07) is 1.50. The molecule has 2 aromatic rings. The maximum atomic E-state index is 14.7. The molecule has 194 valence electrons. The third-order valence-corrected chi connectivity index (χ3v) is 6.43. The number of alkyl halides is 6. The van der Waals surface area contributed by atoms with Gasteiger partial charge in [-0.3, -0.25) is 14.6 Å². The molecule has 0 spiro atoms. The van der Waals surface area contributed by atoms with E-state index in [2.05, 4.69) is 10.3 Å². The highest BCUT2D eigenvalue weighted by Gasteiger charge is 2.43. The van der Waals surface area contributed by atoms with E-state index in [9.17, 15) is 40.3 Å². The highest BCUT2D eigenvalue weighted by Crippen LogP contribution is 2.43. The number of carbonyl (C=O) groups excluding carboxylic acids is 2. The first-order chi connectivity index (χ1) is 16.8. The van der Waals surface area contributed by atoms with Crippen molar-refractivity contribution in [3.05, 3.63) is 64.7 Å². The lowest BCUT2D eigenvalue weighted by molar-refractivity contribution is -0.138. The van der Waals surface area contributed by atoms with Gasteiger partial charge in [-0.25, -0.2) is 4.39 Å². The molecule has 12 heteroatoms. The fourth-order valence-corrected chi connectivity index (χ4v) is 4.47. The second-order valence-electron chi connectivity index (χ2n) is 9.30. The van der Waals surface area contributed by atoms with Crippen LogP contribution >= 0.6 is 0 Å². The molecule has 5 nitrogen and oxygen atoms in total. The van der Waals surface area contributed by atoms with E-state index >= 15 is 0 Å². The van der Waals surface area contributed by atoms with E-state index in [4.69, 9.17) is 0 Å². The van der Waals surface area contributed by atoms with Crippen molar-refractivity contribution >= 4 is 11.8 Å². The first-order valence-electron chi connectivity index (χ1n) is 11.3. The zero-order valence-electron chi connectivity index (χ0n) is 19.0. The summed E-state index contributed by atoms with van der Waals surface area (Å²) in [4.78, 5) is 31.1. The Morgan fingerprint density at radius 2 is 1.67 bits per heavy atom. The van der Waals surface area contributed by atoms with Gasteiger partial charge in [-0.15, -0.1) is 0 Å². The van der Waals surface area contributed by atoms with Gasteiger partial charge >= 0.3 is 12.4 Å². The van der Waals surface area contributed by atoms with Crippen LogP contribution in [-0.2, 0) is 17.1 Å². The molecule has 1 saturated heterocycles. The van der Waals surface area contributed by atoms with Gasteiger partial charge in [0.1, 0.15) is 17.6 Å². The number of rotatable bonds is 5. The standard InChI is InChI=1S/C24H22F7N3O2/c1-12-8-19(34(11-12)22(36)18-10-15(6-7-32-18)24(29,30)31)21(35)33-20(13-2-3-13)16-5-4-14(9-17(16)25)23(26,27)28/h4-7,9-10,12-13,19-20H,2-3,8,11H2,1H3,(H,33,35)/t12-,19-,20-/m1/s1. The molecule has 36 heavy (non-hydrogen) atoms. The fraction of sp³-hybridized carbons (Fsp3) is 0.458. The Morgan fingerprint density at radius 3 is 2.25 bits per heavy atom. The van der Waals surface area contributed by atoms with Gasteiger partial charge in [-0.1, -0.05) is 13.0 Å². The summed E-state index contributed by atoms with van der Waals surface area (Å²) < 4.78 is 92.7. The Balaban J connectivity index is 1.56. The van der Waals surface area contributed by atoms with Crippen LogP contribution in [0, 0.1) is 17.7 Å². The third-order valence-electron chi connectivity index (χ3n) is 6.43. The van der Waals surface area contributed by atoms with Crippen molar-refractivity contribution in [3.8, 4) is 0 Å². The average molecular weight is 517 g/mol. The van der Waals surface area contributed by atoms with Crippen LogP contribution < -0.4 is 5.32 Å². The number of hydrogen-bond donors (Lipinski definition) is 1. The van der Waals surface area contributed by atoms with Crippen molar-refractivity contribution in [3.63, 3.8) is 0 Å². The summed E-state index contributed by atoms with van der Waals surface area (Å²) in [5.74, 6) is -2.96. The number of hydrogen-bond acceptors (Lipinski definition) is 3. The maximum Gasteiger partial charge on any atom is 0.416 e. The van der Waals surface area contributed by atoms with Gasteiger partial charge in [0.15, 0.2) is 0 Å². The summed E-state index contributed by atoms with van der Waals surface area (Å²) in [5, 5.41) is 2.67. The van der Waals surface area contributed by atoms with Crippen molar-refractivity contribution < 1.29 is 40.3 Å². The average Bonchev–Trinajstić information content (AvgIpc) is 3.56. The second kappa shape index (κ2) is 9.36. The molecule has 1 saturated carbocycles. The third kappa shape index (κ3) is 5.46. The van der Waals surface area contributed by atoms with Gasteiger partial charge < -0.3 is 10.2 Å². The fourth-order valence-electron chi connectivity index (χ4n) is 4.47. The molecule has 0 unspecified atom stereocenters. The predicted molar refractivity (Wildman–Crippen MR) is 113 cm³/mol. The number of carbonyl (C=O) groups is 2. The Labute approximate surface area is 201 Å². The first kappa shape index (κ1) is 25.9. The summed E-state index contributed by atoms with van der Waals surface area (Å²) >= 11 is 0. The lowest BCUT2D eigenvalue weighted by Gasteiger charge is -2.27. The molecule has 2 aliphatic rings. The van der Waals surface area contributed by atoms with Gasteiger partial charge in [-0.2, -0.15) is 26.3 Å². The molecule has 1 aliphatic heterocycles. The Morgan fingerprint density at radius 1 is 1.03 bits per heavy atom. The lowest BCUT2D eigenvalue weighted by Crippen LogP contribution is -2.47. The molecule has 2 heterocycles. The van der Waals surface area contributed by atoms with Crippen LogP contribution in [0.3, 0.4) is 0 Å². The number of benzene rings is 1. The van der Waals surface area contributed by atoms with Gasteiger partial charge in [-0.05, 0) is 55.4 Å². The largest absolute Gasteiger partial charge is 0.416 e. The van der Waals surface area contributed by atoms with E-state index in [0.717, 1.165) is 29.3 Å². The smallest absolute Gasteiger partial charge is 0.347 e. The molecule has 1 N–H and O–H groups in total. The van der Waals surface area contributed by atoms with E-state index in [0.29, 0.717) is 25.0 Å². The SMILES string of the molecule is C[C@@H]1C[C@H](C(=O)N[C@@H](c2ccc(C(F)(F)F)cc2F)C2CC2)N(C(=O)c2cc(C(F)(F)F)ccn2)C1. The molecular weight excluding hydrogens is 495 g/mol. The predicted octanol–water partition coefficient (Wildman–Crippen LogP) is 5.38. The van der Waals surface area contributed by atoms with Crippen LogP contribution in [0.25, 0.3) is 0 Å². The molecule has 2 fully saturated rings. The first-order valence-corrected chi connectivity index (χ1v) is 11.3. The van der Waals surface area contributed by atoms with E-state index < -0.39 is 58.9 Å². The second-order valence-corrected chi connectivity index (χ2v) is 9.30. The van der Waals surface area contributed by atoms with Gasteiger partial charge in [0.2, 0.25) is 5.91 Å². The van der Waals surface area contributed by atoms with Crippen LogP contribution in [-0.4, -0.2) is 34.3 Å². The van der Waals surface area contributed by atoms with Crippen molar-refractivity contribution in [2.75, 3.05) is 6.54 Å². The minimum Gasteiger partial charge on any atom is -0.347 e. The minimum absolute atomic E-state index is 0.0948. The number of aromatic nitrogens is 1. The molecule has 0 radical (unpaired) electrons. The topological polar surface area (TPSA) is 62.3 Å². The van der Waals surface area contributed by atoms with Crippen LogP contribution in [0.2, 0.25) is 0 Å². The van der Waals surface area contributed by atoms with Crippen molar-refractivity contribution in [1.82, 2.24) is 15.2 Å². The summed E-state index contributed by atoms with van der Waals surface area (Å²) in [6.07, 6.45) is -7.08. The summed E-state index contributed by atoms with van der Waals surface area (Å²) in [5.41, 5.74) is -2.77. The molecule has 4 rings (SSSR count). The number of halogens is 7. The molecule has 1 aliphatic carbocycles. The number of nitrogens with zero attached hydrogens (tertiary/aromatic N) is 2. The van der Waals surface area contributed by atoms with Crippen molar-refractivity contribution in [2.45, 2.75) is 50.6 Å². The molecule has 2 amide bonds. The van der Waals surface area contributed by atoms with Crippen LogP contribution in [0.4, 0.5) is 30.7 Å².